The van der Waals surface area contributed by atoms with Crippen LogP contribution in [0.2, 0.25) is 0 Å². The molecule has 0 saturated heterocycles. The molecule has 1 unspecified atom stereocenters. The van der Waals surface area contributed by atoms with E-state index in [4.69, 9.17) is 10.5 Å². The lowest BCUT2D eigenvalue weighted by atomic mass is 10.0. The lowest BCUT2D eigenvalue weighted by molar-refractivity contribution is -0.138. The summed E-state index contributed by atoms with van der Waals surface area (Å²) in [5.74, 6) is 0.132. The highest BCUT2D eigenvalue weighted by atomic mass is 16.5. The molecule has 2 N–H and O–H groups in total. The molecule has 3 heteroatoms. The van der Waals surface area contributed by atoms with Crippen LogP contribution in [-0.4, -0.2) is 5.97 Å². The van der Waals surface area contributed by atoms with Gasteiger partial charge >= 0.3 is 5.97 Å². The average Bonchev–Trinajstić information content (AvgIpc) is 2.55. The van der Waals surface area contributed by atoms with Gasteiger partial charge in [-0.1, -0.05) is 55.5 Å². The van der Waals surface area contributed by atoms with Crippen molar-refractivity contribution in [3.63, 3.8) is 0 Å². The number of carbonyl (C=O) groups is 1. The quantitative estimate of drug-likeness (QED) is 0.446. The highest BCUT2D eigenvalue weighted by molar-refractivity contribution is 5.90. The third kappa shape index (κ3) is 3.51. The number of anilines is 1. The Hall–Kier alpha value is -2.81. The molecule has 3 aromatic carbocycles. The van der Waals surface area contributed by atoms with Crippen molar-refractivity contribution in [2.24, 2.45) is 5.92 Å². The zero-order valence-electron chi connectivity index (χ0n) is 13.0. The number of hydrogen-bond acceptors (Lipinski definition) is 3. The van der Waals surface area contributed by atoms with Gasteiger partial charge in [-0.3, -0.25) is 4.79 Å². The first-order valence-corrected chi connectivity index (χ1v) is 7.67. The Balaban J connectivity index is 1.75. The second-order valence-corrected chi connectivity index (χ2v) is 5.75. The summed E-state index contributed by atoms with van der Waals surface area (Å²) < 4.78 is 5.62. The molecule has 0 amide bonds. The smallest absolute Gasteiger partial charge is 0.314 e. The first-order chi connectivity index (χ1) is 11.1. The summed E-state index contributed by atoms with van der Waals surface area (Å²) in [7, 11) is 0. The van der Waals surface area contributed by atoms with E-state index in [9.17, 15) is 4.79 Å². The maximum Gasteiger partial charge on any atom is 0.314 e. The summed E-state index contributed by atoms with van der Waals surface area (Å²) in [6.07, 6.45) is 0.606. The van der Waals surface area contributed by atoms with Crippen LogP contribution in [0.5, 0.6) is 5.75 Å². The van der Waals surface area contributed by atoms with Crippen LogP contribution in [0.25, 0.3) is 10.8 Å². The van der Waals surface area contributed by atoms with Gasteiger partial charge in [-0.15, -0.1) is 0 Å². The van der Waals surface area contributed by atoms with Gasteiger partial charge in [0.15, 0.2) is 0 Å². The summed E-state index contributed by atoms with van der Waals surface area (Å²) >= 11 is 0. The number of ether oxygens (including phenoxy) is 1. The van der Waals surface area contributed by atoms with Gasteiger partial charge in [0, 0.05) is 11.1 Å². The molecule has 0 aliphatic rings. The van der Waals surface area contributed by atoms with Gasteiger partial charge in [-0.2, -0.15) is 0 Å². The Kier molecular flexibility index (Phi) is 4.29. The topological polar surface area (TPSA) is 52.3 Å². The molecule has 0 heterocycles. The number of fused-ring (bicyclic) bond motifs is 1. The minimum Gasteiger partial charge on any atom is -0.426 e. The van der Waals surface area contributed by atoms with E-state index in [1.54, 1.807) is 0 Å². The fourth-order valence-corrected chi connectivity index (χ4v) is 2.65. The number of carbonyl (C=O) groups excluding carboxylic acids is 1. The number of benzene rings is 3. The molecule has 3 aromatic rings. The van der Waals surface area contributed by atoms with Gasteiger partial charge in [-0.05, 0) is 35.6 Å². The molecule has 1 atom stereocenters. The standard InChI is InChI=1S/C20H19NO2/c1-14(12-15-6-4-9-17(21)13-15)20(22)23-19-11-5-8-16-7-2-3-10-18(16)19/h2-11,13-14H,12,21H2,1H3. The van der Waals surface area contributed by atoms with Crippen molar-refractivity contribution in [1.29, 1.82) is 0 Å². The van der Waals surface area contributed by atoms with Crippen LogP contribution in [0.3, 0.4) is 0 Å². The minimum absolute atomic E-state index is 0.233. The first kappa shape index (κ1) is 15.1. The van der Waals surface area contributed by atoms with Gasteiger partial charge in [0.1, 0.15) is 5.75 Å². The summed E-state index contributed by atoms with van der Waals surface area (Å²) in [5.41, 5.74) is 7.52. The van der Waals surface area contributed by atoms with Crippen molar-refractivity contribution in [3.8, 4) is 5.75 Å². The molecule has 0 aliphatic heterocycles. The van der Waals surface area contributed by atoms with E-state index in [2.05, 4.69) is 0 Å². The fraction of sp³-hybridized carbons (Fsp3) is 0.150. The van der Waals surface area contributed by atoms with Crippen LogP contribution in [-0.2, 0) is 11.2 Å². The molecule has 23 heavy (non-hydrogen) atoms. The summed E-state index contributed by atoms with van der Waals surface area (Å²) in [4.78, 5) is 12.4. The molecular formula is C20H19NO2. The molecular weight excluding hydrogens is 286 g/mol. The van der Waals surface area contributed by atoms with E-state index in [1.165, 1.54) is 0 Å². The number of esters is 1. The Morgan fingerprint density at radius 3 is 2.61 bits per heavy atom. The van der Waals surface area contributed by atoms with E-state index >= 15 is 0 Å². The van der Waals surface area contributed by atoms with E-state index in [0.717, 1.165) is 16.3 Å². The molecule has 0 bridgehead atoms. The van der Waals surface area contributed by atoms with Gasteiger partial charge < -0.3 is 10.5 Å². The molecule has 3 rings (SSSR count). The zero-order valence-corrected chi connectivity index (χ0v) is 13.0. The van der Waals surface area contributed by atoms with Crippen molar-refractivity contribution in [3.05, 3.63) is 72.3 Å². The predicted octanol–water partition coefficient (Wildman–Crippen LogP) is 4.21. The summed E-state index contributed by atoms with van der Waals surface area (Å²) in [5, 5.41) is 2.00. The third-order valence-corrected chi connectivity index (χ3v) is 3.86. The van der Waals surface area contributed by atoms with Crippen LogP contribution in [0, 0.1) is 5.92 Å². The second-order valence-electron chi connectivity index (χ2n) is 5.75. The number of nitrogens with two attached hydrogens (primary N) is 1. The highest BCUT2D eigenvalue weighted by Crippen LogP contribution is 2.26. The predicted molar refractivity (Wildman–Crippen MR) is 93.3 cm³/mol. The third-order valence-electron chi connectivity index (χ3n) is 3.86. The van der Waals surface area contributed by atoms with Gasteiger partial charge in [0.25, 0.3) is 0 Å². The summed E-state index contributed by atoms with van der Waals surface area (Å²) in [6, 6.07) is 21.2. The Morgan fingerprint density at radius 2 is 1.78 bits per heavy atom. The Morgan fingerprint density at radius 1 is 1.04 bits per heavy atom. The highest BCUT2D eigenvalue weighted by Gasteiger charge is 2.17. The van der Waals surface area contributed by atoms with E-state index in [1.807, 2.05) is 73.7 Å². The Labute approximate surface area is 135 Å². The van der Waals surface area contributed by atoms with Crippen molar-refractivity contribution < 1.29 is 9.53 Å². The van der Waals surface area contributed by atoms with Crippen LogP contribution in [0.4, 0.5) is 5.69 Å². The molecule has 0 saturated carbocycles. The average molecular weight is 305 g/mol. The molecule has 0 aliphatic carbocycles. The largest absolute Gasteiger partial charge is 0.426 e. The maximum atomic E-state index is 12.4. The van der Waals surface area contributed by atoms with E-state index < -0.39 is 0 Å². The molecule has 3 nitrogen and oxygen atoms in total. The monoisotopic (exact) mass is 305 g/mol. The molecule has 0 aromatic heterocycles. The van der Waals surface area contributed by atoms with Gasteiger partial charge in [-0.25, -0.2) is 0 Å². The maximum absolute atomic E-state index is 12.4. The molecule has 0 radical (unpaired) electrons. The second kappa shape index (κ2) is 6.53. The lowest BCUT2D eigenvalue weighted by Gasteiger charge is -2.13. The Bertz CT molecular complexity index is 836. The minimum atomic E-state index is -0.240. The van der Waals surface area contributed by atoms with Crippen LogP contribution < -0.4 is 10.5 Å². The molecule has 0 spiro atoms. The van der Waals surface area contributed by atoms with Crippen molar-refractivity contribution >= 4 is 22.4 Å². The summed E-state index contributed by atoms with van der Waals surface area (Å²) in [6.45, 7) is 1.87. The first-order valence-electron chi connectivity index (χ1n) is 7.67. The number of nitrogen functional groups attached to an aromatic ring is 1. The van der Waals surface area contributed by atoms with Crippen LogP contribution in [0.15, 0.2) is 66.7 Å². The van der Waals surface area contributed by atoms with E-state index in [0.29, 0.717) is 17.9 Å². The van der Waals surface area contributed by atoms with Crippen molar-refractivity contribution in [1.82, 2.24) is 0 Å². The number of rotatable bonds is 4. The SMILES string of the molecule is CC(Cc1cccc(N)c1)C(=O)Oc1cccc2ccccc12. The van der Waals surface area contributed by atoms with Crippen LogP contribution in [0.1, 0.15) is 12.5 Å². The van der Waals surface area contributed by atoms with Crippen molar-refractivity contribution in [2.45, 2.75) is 13.3 Å². The zero-order chi connectivity index (χ0) is 16.2. The number of hydrogen-bond donors (Lipinski definition) is 1. The molecule has 116 valence electrons. The molecule has 0 fully saturated rings. The fourth-order valence-electron chi connectivity index (χ4n) is 2.65. The lowest BCUT2D eigenvalue weighted by Crippen LogP contribution is -2.20. The van der Waals surface area contributed by atoms with Crippen molar-refractivity contribution in [2.75, 3.05) is 5.73 Å². The van der Waals surface area contributed by atoms with E-state index in [-0.39, 0.29) is 11.9 Å². The normalized spacial score (nSPS) is 12.0. The van der Waals surface area contributed by atoms with Gasteiger partial charge in [0.05, 0.1) is 5.92 Å². The van der Waals surface area contributed by atoms with Gasteiger partial charge in [0.2, 0.25) is 0 Å². The van der Waals surface area contributed by atoms with Crippen LogP contribution >= 0.6 is 0 Å².